The quantitative estimate of drug-likeness (QED) is 0.228. The van der Waals surface area contributed by atoms with Gasteiger partial charge in [-0.1, -0.05) is 30.7 Å². The van der Waals surface area contributed by atoms with Crippen molar-refractivity contribution in [3.8, 4) is 11.3 Å². The van der Waals surface area contributed by atoms with E-state index in [0.29, 0.717) is 50.5 Å². The molecular formula is C34H31ClF2N6O. The minimum Gasteiger partial charge on any atom is -0.349 e. The second-order valence-corrected chi connectivity index (χ2v) is 11.7. The van der Waals surface area contributed by atoms with Crippen molar-refractivity contribution in [2.45, 2.75) is 45.2 Å². The Morgan fingerprint density at radius 1 is 1.05 bits per heavy atom. The molecule has 1 aliphatic heterocycles. The third-order valence-corrected chi connectivity index (χ3v) is 8.35. The van der Waals surface area contributed by atoms with Crippen LogP contribution < -0.4 is 10.6 Å². The fourth-order valence-electron chi connectivity index (χ4n) is 5.82. The van der Waals surface area contributed by atoms with Gasteiger partial charge in [-0.15, -0.1) is 0 Å². The predicted octanol–water partition coefficient (Wildman–Crippen LogP) is 7.55. The summed E-state index contributed by atoms with van der Waals surface area (Å²) in [7, 11) is 1.82. The summed E-state index contributed by atoms with van der Waals surface area (Å²) in [6.45, 7) is 2.34. The first-order valence-corrected chi connectivity index (χ1v) is 14.9. The van der Waals surface area contributed by atoms with Gasteiger partial charge in [0.2, 0.25) is 5.95 Å². The second kappa shape index (κ2) is 12.6. The van der Waals surface area contributed by atoms with Crippen LogP contribution in [0, 0.1) is 17.6 Å². The average molecular weight is 613 g/mol. The third kappa shape index (κ3) is 6.24. The Kier molecular flexibility index (Phi) is 8.48. The fraction of sp³-hybridized carbons (Fsp3) is 0.265. The molecule has 2 aliphatic rings. The van der Waals surface area contributed by atoms with Crippen molar-refractivity contribution in [3.05, 3.63) is 106 Å². The molecule has 2 N–H and O–H groups in total. The van der Waals surface area contributed by atoms with Gasteiger partial charge < -0.3 is 10.6 Å². The Balaban J connectivity index is 1.23. The average Bonchev–Trinajstić information content (AvgIpc) is 3.28. The van der Waals surface area contributed by atoms with Crippen LogP contribution >= 0.6 is 11.6 Å². The molecule has 2 heterocycles. The van der Waals surface area contributed by atoms with Crippen LogP contribution in [0.5, 0.6) is 0 Å². The van der Waals surface area contributed by atoms with Gasteiger partial charge in [-0.05, 0) is 73.7 Å². The number of carbonyl (C=O) groups is 1. The summed E-state index contributed by atoms with van der Waals surface area (Å²) in [4.78, 5) is 31.2. The lowest BCUT2D eigenvalue weighted by molar-refractivity contribution is 0.0933. The number of aromatic nitrogens is 2. The molecule has 44 heavy (non-hydrogen) atoms. The van der Waals surface area contributed by atoms with Gasteiger partial charge in [0, 0.05) is 64.4 Å². The van der Waals surface area contributed by atoms with E-state index in [9.17, 15) is 13.6 Å². The number of halogens is 3. The first-order chi connectivity index (χ1) is 21.3. The van der Waals surface area contributed by atoms with E-state index in [1.807, 2.05) is 7.05 Å². The number of anilines is 2. The maximum absolute atomic E-state index is 14.8. The SMILES string of the molecule is C/N=C1/CCC(C)CC(NC(=O)c2ccc(Nc3ncc4c(n3)-c3ccc(Cl)cc3C(c3c(F)cccc3F)=NC4)cc2)C1. The number of hydrogen-bond donors (Lipinski definition) is 2. The van der Waals surface area contributed by atoms with Gasteiger partial charge in [0.15, 0.2) is 0 Å². The van der Waals surface area contributed by atoms with E-state index < -0.39 is 11.6 Å². The number of aliphatic imine (C=N–C) groups is 2. The van der Waals surface area contributed by atoms with E-state index in [2.05, 4.69) is 32.5 Å². The van der Waals surface area contributed by atoms with E-state index in [1.165, 1.54) is 18.2 Å². The smallest absolute Gasteiger partial charge is 0.251 e. The zero-order valence-electron chi connectivity index (χ0n) is 24.4. The van der Waals surface area contributed by atoms with Crippen LogP contribution in [0.3, 0.4) is 0 Å². The van der Waals surface area contributed by atoms with Crippen molar-refractivity contribution in [2.24, 2.45) is 15.9 Å². The maximum Gasteiger partial charge on any atom is 0.251 e. The number of benzene rings is 3. The minimum atomic E-state index is -0.713. The molecule has 0 spiro atoms. The largest absolute Gasteiger partial charge is 0.349 e. The van der Waals surface area contributed by atoms with Crippen molar-refractivity contribution in [3.63, 3.8) is 0 Å². The summed E-state index contributed by atoms with van der Waals surface area (Å²) in [5.41, 5.74) is 4.72. The summed E-state index contributed by atoms with van der Waals surface area (Å²) in [5.74, 6) is -0.704. The van der Waals surface area contributed by atoms with Crippen molar-refractivity contribution >= 4 is 40.6 Å². The first-order valence-electron chi connectivity index (χ1n) is 14.6. The normalized spacial score (nSPS) is 18.8. The monoisotopic (exact) mass is 612 g/mol. The highest BCUT2D eigenvalue weighted by Crippen LogP contribution is 2.35. The van der Waals surface area contributed by atoms with E-state index in [0.717, 1.165) is 31.4 Å². The molecule has 0 radical (unpaired) electrons. The molecule has 1 fully saturated rings. The topological polar surface area (TPSA) is 91.6 Å². The van der Waals surface area contributed by atoms with Crippen LogP contribution in [0.2, 0.25) is 5.02 Å². The van der Waals surface area contributed by atoms with Crippen molar-refractivity contribution < 1.29 is 13.6 Å². The molecule has 6 rings (SSSR count). The van der Waals surface area contributed by atoms with Gasteiger partial charge in [-0.2, -0.15) is 0 Å². The van der Waals surface area contributed by atoms with Gasteiger partial charge in [0.1, 0.15) is 11.6 Å². The standard InChI is InChI=1S/C34H31ClF2N6O/c1-19-6-10-24(38-2)16-25(14-19)41-33(44)20-7-11-23(12-8-20)42-34-40-18-21-17-39-32(30-28(36)4-3-5-29(30)37)27-15-22(35)9-13-26(27)31(21)43-34/h3-5,7-9,11-13,15,18-19,25H,6,10,14,16-17H2,1-2H3,(H,41,44)(H,40,42,43)/b38-24-. The van der Waals surface area contributed by atoms with Gasteiger partial charge >= 0.3 is 0 Å². The number of carbonyl (C=O) groups excluding carboxylic acids is 1. The van der Waals surface area contributed by atoms with Crippen LogP contribution in [-0.2, 0) is 6.54 Å². The lowest BCUT2D eigenvalue weighted by atomic mass is 9.95. The molecule has 3 aromatic carbocycles. The molecule has 10 heteroatoms. The van der Waals surface area contributed by atoms with Gasteiger partial charge in [-0.25, -0.2) is 18.7 Å². The Morgan fingerprint density at radius 2 is 1.82 bits per heavy atom. The van der Waals surface area contributed by atoms with E-state index in [1.54, 1.807) is 48.7 Å². The highest BCUT2D eigenvalue weighted by molar-refractivity contribution is 6.31. The molecule has 2 unspecified atom stereocenters. The summed E-state index contributed by atoms with van der Waals surface area (Å²) in [6.07, 6.45) is 5.42. The Bertz CT molecular complexity index is 1770. The fourth-order valence-corrected chi connectivity index (χ4v) is 6.00. The van der Waals surface area contributed by atoms with Crippen molar-refractivity contribution in [1.82, 2.24) is 15.3 Å². The lowest BCUT2D eigenvalue weighted by Gasteiger charge is -2.19. The molecule has 2 atom stereocenters. The summed E-state index contributed by atoms with van der Waals surface area (Å²) in [6, 6.07) is 16.0. The van der Waals surface area contributed by atoms with Gasteiger partial charge in [0.05, 0.1) is 23.5 Å². The Labute approximate surface area is 259 Å². The molecule has 224 valence electrons. The van der Waals surface area contributed by atoms with E-state index in [-0.39, 0.29) is 29.8 Å². The Hall–Kier alpha value is -4.50. The molecule has 1 aromatic heterocycles. The minimum absolute atomic E-state index is 0.0570. The lowest BCUT2D eigenvalue weighted by Crippen LogP contribution is -2.36. The van der Waals surface area contributed by atoms with Crippen molar-refractivity contribution in [1.29, 1.82) is 0 Å². The van der Waals surface area contributed by atoms with E-state index in [4.69, 9.17) is 16.6 Å². The predicted molar refractivity (Wildman–Crippen MR) is 170 cm³/mol. The molecular weight excluding hydrogens is 582 g/mol. The molecule has 1 saturated carbocycles. The number of hydrogen-bond acceptors (Lipinski definition) is 6. The zero-order valence-corrected chi connectivity index (χ0v) is 25.1. The zero-order chi connectivity index (χ0) is 30.8. The first kappa shape index (κ1) is 29.6. The molecule has 1 aliphatic carbocycles. The van der Waals surface area contributed by atoms with Crippen LogP contribution in [-0.4, -0.2) is 40.4 Å². The molecule has 0 bridgehead atoms. The van der Waals surface area contributed by atoms with Crippen LogP contribution in [0.25, 0.3) is 11.3 Å². The van der Waals surface area contributed by atoms with E-state index >= 15 is 0 Å². The number of fused-ring (bicyclic) bond motifs is 3. The summed E-state index contributed by atoms with van der Waals surface area (Å²) in [5, 5.41) is 6.79. The number of rotatable bonds is 5. The van der Waals surface area contributed by atoms with Crippen LogP contribution in [0.4, 0.5) is 20.4 Å². The van der Waals surface area contributed by atoms with Crippen LogP contribution in [0.1, 0.15) is 59.7 Å². The van der Waals surface area contributed by atoms with Gasteiger partial charge in [-0.3, -0.25) is 14.8 Å². The molecule has 1 amide bonds. The van der Waals surface area contributed by atoms with Crippen LogP contribution in [0.15, 0.2) is 76.8 Å². The summed E-state index contributed by atoms with van der Waals surface area (Å²) < 4.78 is 29.7. The van der Waals surface area contributed by atoms with Crippen molar-refractivity contribution in [2.75, 3.05) is 12.4 Å². The molecule has 0 saturated heterocycles. The van der Waals surface area contributed by atoms with Gasteiger partial charge in [0.25, 0.3) is 5.91 Å². The number of amides is 1. The molecule has 4 aromatic rings. The highest BCUT2D eigenvalue weighted by Gasteiger charge is 2.26. The maximum atomic E-state index is 14.8. The summed E-state index contributed by atoms with van der Waals surface area (Å²) >= 11 is 6.32. The molecule has 7 nitrogen and oxygen atoms in total. The Morgan fingerprint density at radius 3 is 2.57 bits per heavy atom. The third-order valence-electron chi connectivity index (χ3n) is 8.11. The highest BCUT2D eigenvalue weighted by atomic mass is 35.5. The second-order valence-electron chi connectivity index (χ2n) is 11.3. The number of nitrogens with zero attached hydrogens (tertiary/aromatic N) is 4. The number of nitrogens with one attached hydrogen (secondary N) is 2.